The molecule has 7 nitrogen and oxygen atoms in total. The van der Waals surface area contributed by atoms with Gasteiger partial charge in [-0.05, 0) is 29.3 Å². The number of benzene rings is 1. The van der Waals surface area contributed by atoms with E-state index in [1.165, 1.54) is 18.2 Å². The van der Waals surface area contributed by atoms with Gasteiger partial charge in [-0.1, -0.05) is 18.2 Å². The fourth-order valence-corrected chi connectivity index (χ4v) is 2.03. The van der Waals surface area contributed by atoms with Crippen molar-refractivity contribution < 1.29 is 14.5 Å². The third kappa shape index (κ3) is 3.58. The average Bonchev–Trinajstić information content (AvgIpc) is 2.94. The molecule has 0 bridgehead atoms. The van der Waals surface area contributed by atoms with E-state index in [1.54, 1.807) is 48.8 Å². The summed E-state index contributed by atoms with van der Waals surface area (Å²) in [6.07, 6.45) is 7.88. The summed E-state index contributed by atoms with van der Waals surface area (Å²) in [6.45, 7) is 0. The highest BCUT2D eigenvalue weighted by Gasteiger charge is 2.21. The van der Waals surface area contributed by atoms with E-state index in [-0.39, 0.29) is 17.3 Å². The number of rotatable bonds is 4. The van der Waals surface area contributed by atoms with Crippen LogP contribution in [0.3, 0.4) is 0 Å². The molecule has 0 fully saturated rings. The van der Waals surface area contributed by atoms with Gasteiger partial charge in [0.2, 0.25) is 5.90 Å². The van der Waals surface area contributed by atoms with Crippen molar-refractivity contribution in [2.24, 2.45) is 4.99 Å². The number of carbonyl (C=O) groups is 1. The lowest BCUT2D eigenvalue weighted by molar-refractivity contribution is -0.384. The molecule has 1 aliphatic rings. The summed E-state index contributed by atoms with van der Waals surface area (Å²) in [6, 6.07) is 9.64. The largest absolute Gasteiger partial charge is 0.403 e. The number of aliphatic imine (C=N–C) groups is 1. The molecule has 3 rings (SSSR count). The van der Waals surface area contributed by atoms with Crippen LogP contribution in [0.2, 0.25) is 0 Å². The molecule has 0 unspecified atom stereocenters. The van der Waals surface area contributed by atoms with Crippen molar-refractivity contribution in [3.05, 3.63) is 81.8 Å². The van der Waals surface area contributed by atoms with E-state index in [2.05, 4.69) is 9.98 Å². The highest BCUT2D eigenvalue weighted by Crippen LogP contribution is 2.17. The lowest BCUT2D eigenvalue weighted by Gasteiger charge is -1.94. The van der Waals surface area contributed by atoms with E-state index in [9.17, 15) is 14.9 Å². The second kappa shape index (κ2) is 6.66. The van der Waals surface area contributed by atoms with Gasteiger partial charge in [-0.2, -0.15) is 0 Å². The molecule has 0 saturated heterocycles. The van der Waals surface area contributed by atoms with Gasteiger partial charge in [0.1, 0.15) is 0 Å². The quantitative estimate of drug-likeness (QED) is 0.373. The topological polar surface area (TPSA) is 94.7 Å². The van der Waals surface area contributed by atoms with Crippen LogP contribution in [0.15, 0.2) is 65.6 Å². The molecule has 2 aromatic rings. The first-order valence-corrected chi connectivity index (χ1v) is 6.97. The Bertz CT molecular complexity index is 886. The van der Waals surface area contributed by atoms with E-state index < -0.39 is 10.9 Å². The number of cyclic esters (lactones) is 1. The molecule has 24 heavy (non-hydrogen) atoms. The Morgan fingerprint density at radius 2 is 1.96 bits per heavy atom. The van der Waals surface area contributed by atoms with Crippen molar-refractivity contribution in [2.45, 2.75) is 0 Å². The Balaban J connectivity index is 1.80. The minimum Gasteiger partial charge on any atom is -0.403 e. The summed E-state index contributed by atoms with van der Waals surface area (Å²) in [5.41, 5.74) is 1.49. The van der Waals surface area contributed by atoms with Crippen LogP contribution in [0.4, 0.5) is 5.69 Å². The van der Waals surface area contributed by atoms with E-state index in [1.807, 2.05) is 0 Å². The smallest absolute Gasteiger partial charge is 0.363 e. The first-order chi connectivity index (χ1) is 11.6. The molecule has 0 N–H and O–H groups in total. The molecular formula is C17H11N3O4. The summed E-state index contributed by atoms with van der Waals surface area (Å²) in [7, 11) is 0. The maximum Gasteiger partial charge on any atom is 0.363 e. The zero-order valence-electron chi connectivity index (χ0n) is 12.3. The second-order valence-corrected chi connectivity index (χ2v) is 4.84. The minimum atomic E-state index is -0.558. The zero-order valence-corrected chi connectivity index (χ0v) is 12.3. The molecule has 0 spiro atoms. The van der Waals surface area contributed by atoms with Crippen molar-refractivity contribution in [3.8, 4) is 0 Å². The van der Waals surface area contributed by atoms with Crippen LogP contribution < -0.4 is 0 Å². The molecule has 1 aromatic heterocycles. The monoisotopic (exact) mass is 321 g/mol. The first-order valence-electron chi connectivity index (χ1n) is 6.97. The lowest BCUT2D eigenvalue weighted by Crippen LogP contribution is -2.01. The van der Waals surface area contributed by atoms with Crippen molar-refractivity contribution in [1.82, 2.24) is 4.98 Å². The first kappa shape index (κ1) is 15.3. The Morgan fingerprint density at radius 1 is 1.12 bits per heavy atom. The number of hydrogen-bond acceptors (Lipinski definition) is 6. The van der Waals surface area contributed by atoms with Crippen molar-refractivity contribution in [3.63, 3.8) is 0 Å². The van der Waals surface area contributed by atoms with Gasteiger partial charge >= 0.3 is 5.97 Å². The van der Waals surface area contributed by atoms with Crippen LogP contribution in [-0.2, 0) is 9.53 Å². The van der Waals surface area contributed by atoms with Gasteiger partial charge in [-0.25, -0.2) is 9.79 Å². The molecule has 0 saturated carbocycles. The van der Waals surface area contributed by atoms with Crippen molar-refractivity contribution in [2.75, 3.05) is 0 Å². The maximum absolute atomic E-state index is 11.8. The third-order valence-electron chi connectivity index (χ3n) is 3.12. The highest BCUT2D eigenvalue weighted by atomic mass is 16.6. The fourth-order valence-electron chi connectivity index (χ4n) is 2.03. The number of nitro groups is 1. The van der Waals surface area contributed by atoms with Crippen molar-refractivity contribution in [1.29, 1.82) is 0 Å². The van der Waals surface area contributed by atoms with Gasteiger partial charge in [-0.3, -0.25) is 15.1 Å². The van der Waals surface area contributed by atoms with Crippen LogP contribution in [-0.4, -0.2) is 21.8 Å². The maximum atomic E-state index is 11.8. The van der Waals surface area contributed by atoms with Crippen LogP contribution in [0.25, 0.3) is 12.2 Å². The molecule has 1 aliphatic heterocycles. The molecule has 1 aromatic carbocycles. The summed E-state index contributed by atoms with van der Waals surface area (Å²) in [5, 5.41) is 10.7. The number of esters is 1. The van der Waals surface area contributed by atoms with Gasteiger partial charge in [0.15, 0.2) is 5.70 Å². The van der Waals surface area contributed by atoms with E-state index >= 15 is 0 Å². The lowest BCUT2D eigenvalue weighted by atomic mass is 10.2. The van der Waals surface area contributed by atoms with Gasteiger partial charge in [-0.15, -0.1) is 0 Å². The summed E-state index contributed by atoms with van der Waals surface area (Å²) < 4.78 is 5.05. The Morgan fingerprint density at radius 3 is 2.71 bits per heavy atom. The number of nitrogens with zero attached hydrogens (tertiary/aromatic N) is 3. The number of ether oxygens (including phenoxy) is 1. The number of aromatic nitrogens is 1. The number of pyridine rings is 1. The number of nitro benzene ring substituents is 1. The molecule has 0 aliphatic carbocycles. The normalized spacial score (nSPS) is 15.6. The number of hydrogen-bond donors (Lipinski definition) is 0. The number of carbonyl (C=O) groups excluding carboxylic acids is 1. The molecular weight excluding hydrogens is 310 g/mol. The average molecular weight is 321 g/mol. The number of non-ortho nitro benzene ring substituents is 1. The zero-order chi connectivity index (χ0) is 16.9. The van der Waals surface area contributed by atoms with E-state index in [0.29, 0.717) is 5.56 Å². The minimum absolute atomic E-state index is 0.0142. The summed E-state index contributed by atoms with van der Waals surface area (Å²) in [4.78, 5) is 30.1. The van der Waals surface area contributed by atoms with Crippen LogP contribution in [0.5, 0.6) is 0 Å². The molecule has 118 valence electrons. The standard InChI is InChI=1S/C17H11N3O4/c21-17-15(10-13-4-2-8-18-11-13)19-16(24-17)7-6-12-3-1-5-14(9-12)20(22)23/h1-11H/b7-6+,15-10-. The van der Waals surface area contributed by atoms with Crippen LogP contribution in [0, 0.1) is 10.1 Å². The SMILES string of the molecule is O=C1OC(/C=C/c2cccc([N+](=O)[O-])c2)=NC/1=C\c1cccnc1. The van der Waals surface area contributed by atoms with E-state index in [0.717, 1.165) is 5.56 Å². The molecule has 0 atom stereocenters. The van der Waals surface area contributed by atoms with Crippen LogP contribution in [0.1, 0.15) is 11.1 Å². The van der Waals surface area contributed by atoms with Crippen molar-refractivity contribution >= 4 is 29.7 Å². The second-order valence-electron chi connectivity index (χ2n) is 4.84. The summed E-state index contributed by atoms with van der Waals surface area (Å²) in [5.74, 6) is -0.431. The highest BCUT2D eigenvalue weighted by molar-refractivity contribution is 6.11. The van der Waals surface area contributed by atoms with Crippen LogP contribution >= 0.6 is 0 Å². The molecule has 2 heterocycles. The predicted molar refractivity (Wildman–Crippen MR) is 87.9 cm³/mol. The molecule has 7 heteroatoms. The Hall–Kier alpha value is -3.61. The Kier molecular flexibility index (Phi) is 4.24. The third-order valence-corrected chi connectivity index (χ3v) is 3.12. The fraction of sp³-hybridized carbons (Fsp3) is 0. The van der Waals surface area contributed by atoms with E-state index in [4.69, 9.17) is 4.74 Å². The van der Waals surface area contributed by atoms with Gasteiger partial charge in [0, 0.05) is 30.6 Å². The Labute approximate surface area is 136 Å². The summed E-state index contributed by atoms with van der Waals surface area (Å²) >= 11 is 0. The van der Waals surface area contributed by atoms with Gasteiger partial charge in [0.05, 0.1) is 4.92 Å². The molecule has 0 radical (unpaired) electrons. The van der Waals surface area contributed by atoms with Gasteiger partial charge in [0.25, 0.3) is 5.69 Å². The predicted octanol–water partition coefficient (Wildman–Crippen LogP) is 3.00. The van der Waals surface area contributed by atoms with Gasteiger partial charge < -0.3 is 4.74 Å². The molecule has 0 amide bonds.